The van der Waals surface area contributed by atoms with Gasteiger partial charge in [-0.25, -0.2) is 4.39 Å². The maximum atomic E-state index is 12.8. The van der Waals surface area contributed by atoms with E-state index in [1.54, 1.807) is 6.92 Å². The third kappa shape index (κ3) is 3.51. The van der Waals surface area contributed by atoms with Gasteiger partial charge in [0.05, 0.1) is 0 Å². The average Bonchev–Trinajstić information content (AvgIpc) is 1.99. The van der Waals surface area contributed by atoms with Crippen LogP contribution in [0.4, 0.5) is 17.6 Å². The molecular formula is C10H10F4O. The summed E-state index contributed by atoms with van der Waals surface area (Å²) in [6.07, 6.45) is -7.74. The summed E-state index contributed by atoms with van der Waals surface area (Å²) in [7, 11) is 0. The molecule has 84 valence electrons. The normalized spacial score (nSPS) is 14.0. The highest BCUT2D eigenvalue weighted by atomic mass is 19.4. The zero-order valence-electron chi connectivity index (χ0n) is 7.98. The molecule has 1 N–H and O–H groups in total. The van der Waals surface area contributed by atoms with Crippen LogP contribution in [0, 0.1) is 12.7 Å². The van der Waals surface area contributed by atoms with Crippen LogP contribution in [0.5, 0.6) is 0 Å². The number of aryl methyl sites for hydroxylation is 1. The quantitative estimate of drug-likeness (QED) is 0.762. The van der Waals surface area contributed by atoms with Crippen LogP contribution in [0.3, 0.4) is 0 Å². The van der Waals surface area contributed by atoms with Gasteiger partial charge in [0, 0.05) is 6.42 Å². The van der Waals surface area contributed by atoms with Crippen LogP contribution in [-0.4, -0.2) is 17.4 Å². The molecular weight excluding hydrogens is 212 g/mol. The van der Waals surface area contributed by atoms with Crippen molar-refractivity contribution in [1.29, 1.82) is 0 Å². The lowest BCUT2D eigenvalue weighted by molar-refractivity contribution is -0.203. The zero-order valence-corrected chi connectivity index (χ0v) is 7.98. The van der Waals surface area contributed by atoms with Crippen molar-refractivity contribution >= 4 is 0 Å². The standard InChI is InChI=1S/C10H10F4O/c1-6-2-7(4-8(11)3-6)5-9(15)10(12,13)14/h2-4,9,15H,5H2,1H3. The zero-order chi connectivity index (χ0) is 11.6. The van der Waals surface area contributed by atoms with E-state index in [-0.39, 0.29) is 5.56 Å². The van der Waals surface area contributed by atoms with Gasteiger partial charge >= 0.3 is 6.18 Å². The van der Waals surface area contributed by atoms with Gasteiger partial charge in [0.25, 0.3) is 0 Å². The first-order valence-corrected chi connectivity index (χ1v) is 4.30. The number of halogens is 4. The van der Waals surface area contributed by atoms with Crippen molar-refractivity contribution in [2.45, 2.75) is 25.6 Å². The molecule has 15 heavy (non-hydrogen) atoms. The molecule has 5 heteroatoms. The summed E-state index contributed by atoms with van der Waals surface area (Å²) in [6.45, 7) is 1.58. The summed E-state index contributed by atoms with van der Waals surface area (Å²) in [5.41, 5.74) is 0.664. The number of hydrogen-bond donors (Lipinski definition) is 1. The van der Waals surface area contributed by atoms with Crippen molar-refractivity contribution < 1.29 is 22.7 Å². The minimum atomic E-state index is -4.67. The molecule has 0 radical (unpaired) electrons. The second-order valence-electron chi connectivity index (χ2n) is 3.40. The summed E-state index contributed by atoms with van der Waals surface area (Å²) in [5, 5.41) is 8.77. The van der Waals surface area contributed by atoms with Gasteiger partial charge in [0.15, 0.2) is 6.10 Å². The lowest BCUT2D eigenvalue weighted by Gasteiger charge is -2.14. The predicted octanol–water partition coefficient (Wildman–Crippen LogP) is 2.60. The van der Waals surface area contributed by atoms with E-state index in [2.05, 4.69) is 0 Å². The summed E-state index contributed by atoms with van der Waals surface area (Å²) < 4.78 is 48.8. The van der Waals surface area contributed by atoms with Gasteiger partial charge in [-0.3, -0.25) is 0 Å². The predicted molar refractivity (Wildman–Crippen MR) is 46.9 cm³/mol. The summed E-state index contributed by atoms with van der Waals surface area (Å²) in [6, 6.07) is 3.61. The topological polar surface area (TPSA) is 20.2 Å². The van der Waals surface area contributed by atoms with E-state index in [0.29, 0.717) is 5.56 Å². The van der Waals surface area contributed by atoms with Gasteiger partial charge in [0.1, 0.15) is 5.82 Å². The van der Waals surface area contributed by atoms with E-state index in [1.165, 1.54) is 12.1 Å². The Kier molecular flexibility index (Phi) is 3.34. The Morgan fingerprint density at radius 1 is 1.27 bits per heavy atom. The number of rotatable bonds is 2. The fourth-order valence-corrected chi connectivity index (χ4v) is 1.27. The highest BCUT2D eigenvalue weighted by Gasteiger charge is 2.37. The smallest absolute Gasteiger partial charge is 0.383 e. The van der Waals surface area contributed by atoms with Crippen LogP contribution >= 0.6 is 0 Å². The number of aliphatic hydroxyl groups excluding tert-OH is 1. The molecule has 1 unspecified atom stereocenters. The van der Waals surface area contributed by atoms with Crippen molar-refractivity contribution in [3.63, 3.8) is 0 Å². The van der Waals surface area contributed by atoms with Gasteiger partial charge in [-0.2, -0.15) is 13.2 Å². The Balaban J connectivity index is 2.81. The van der Waals surface area contributed by atoms with E-state index >= 15 is 0 Å². The van der Waals surface area contributed by atoms with Crippen LogP contribution < -0.4 is 0 Å². The summed E-state index contributed by atoms with van der Waals surface area (Å²) in [4.78, 5) is 0. The molecule has 1 atom stereocenters. The van der Waals surface area contributed by atoms with Crippen LogP contribution in [-0.2, 0) is 6.42 Å². The molecule has 1 aromatic carbocycles. The molecule has 1 aromatic rings. The molecule has 0 saturated carbocycles. The van der Waals surface area contributed by atoms with Crippen LogP contribution in [0.15, 0.2) is 18.2 Å². The first-order chi connectivity index (χ1) is 6.79. The third-order valence-corrected chi connectivity index (χ3v) is 1.91. The first-order valence-electron chi connectivity index (χ1n) is 4.30. The average molecular weight is 222 g/mol. The van der Waals surface area contributed by atoms with Crippen LogP contribution in [0.25, 0.3) is 0 Å². The molecule has 0 heterocycles. The van der Waals surface area contributed by atoms with E-state index in [1.807, 2.05) is 0 Å². The SMILES string of the molecule is Cc1cc(F)cc(CC(O)C(F)(F)F)c1. The molecule has 0 fully saturated rings. The number of benzene rings is 1. The minimum Gasteiger partial charge on any atom is -0.383 e. The highest BCUT2D eigenvalue weighted by Crippen LogP contribution is 2.23. The van der Waals surface area contributed by atoms with Crippen molar-refractivity contribution in [1.82, 2.24) is 0 Å². The number of alkyl halides is 3. The second-order valence-corrected chi connectivity index (χ2v) is 3.40. The van der Waals surface area contributed by atoms with Crippen molar-refractivity contribution in [2.24, 2.45) is 0 Å². The third-order valence-electron chi connectivity index (χ3n) is 1.91. The summed E-state index contributed by atoms with van der Waals surface area (Å²) >= 11 is 0. The molecule has 0 saturated heterocycles. The van der Waals surface area contributed by atoms with Crippen molar-refractivity contribution in [2.75, 3.05) is 0 Å². The van der Waals surface area contributed by atoms with Gasteiger partial charge < -0.3 is 5.11 Å². The molecule has 0 aliphatic carbocycles. The maximum absolute atomic E-state index is 12.8. The minimum absolute atomic E-state index is 0.136. The van der Waals surface area contributed by atoms with E-state index in [4.69, 9.17) is 5.11 Å². The number of aliphatic hydroxyl groups is 1. The lowest BCUT2D eigenvalue weighted by Crippen LogP contribution is -2.30. The van der Waals surface area contributed by atoms with E-state index < -0.39 is 24.5 Å². The van der Waals surface area contributed by atoms with E-state index in [0.717, 1.165) is 6.07 Å². The number of hydrogen-bond acceptors (Lipinski definition) is 1. The van der Waals surface area contributed by atoms with E-state index in [9.17, 15) is 17.6 Å². The van der Waals surface area contributed by atoms with Crippen molar-refractivity contribution in [3.05, 3.63) is 35.1 Å². The summed E-state index contributed by atoms with van der Waals surface area (Å²) in [5.74, 6) is -0.598. The Bertz CT molecular complexity index is 326. The molecule has 0 aliphatic heterocycles. The van der Waals surface area contributed by atoms with Crippen LogP contribution in [0.2, 0.25) is 0 Å². The second kappa shape index (κ2) is 4.18. The van der Waals surface area contributed by atoms with Crippen LogP contribution in [0.1, 0.15) is 11.1 Å². The molecule has 0 aromatic heterocycles. The fraction of sp³-hybridized carbons (Fsp3) is 0.400. The highest BCUT2D eigenvalue weighted by molar-refractivity contribution is 5.24. The maximum Gasteiger partial charge on any atom is 0.414 e. The Morgan fingerprint density at radius 3 is 2.33 bits per heavy atom. The fourth-order valence-electron chi connectivity index (χ4n) is 1.27. The van der Waals surface area contributed by atoms with Gasteiger partial charge in [0.2, 0.25) is 0 Å². The first kappa shape index (κ1) is 12.0. The Hall–Kier alpha value is -1.10. The molecule has 0 spiro atoms. The lowest BCUT2D eigenvalue weighted by atomic mass is 10.1. The van der Waals surface area contributed by atoms with Gasteiger partial charge in [-0.05, 0) is 30.2 Å². The largest absolute Gasteiger partial charge is 0.414 e. The monoisotopic (exact) mass is 222 g/mol. The molecule has 1 rings (SSSR count). The van der Waals surface area contributed by atoms with Gasteiger partial charge in [-0.1, -0.05) is 6.07 Å². The molecule has 1 nitrogen and oxygen atoms in total. The Morgan fingerprint density at radius 2 is 1.87 bits per heavy atom. The molecule has 0 amide bonds. The van der Waals surface area contributed by atoms with Crippen molar-refractivity contribution in [3.8, 4) is 0 Å². The molecule has 0 bridgehead atoms. The Labute approximate surface area is 84.3 Å². The molecule has 0 aliphatic rings. The van der Waals surface area contributed by atoms with Gasteiger partial charge in [-0.15, -0.1) is 0 Å².